The number of hydrogen-bond donors (Lipinski definition) is 3. The number of amides is 1. The summed E-state index contributed by atoms with van der Waals surface area (Å²) in [5.41, 5.74) is 11.5. The molecule has 1 amide bonds. The summed E-state index contributed by atoms with van der Waals surface area (Å²) in [6, 6.07) is 6.94. The third-order valence-corrected chi connectivity index (χ3v) is 5.49. The van der Waals surface area contributed by atoms with Crippen molar-refractivity contribution in [1.82, 2.24) is 10.3 Å². The summed E-state index contributed by atoms with van der Waals surface area (Å²) >= 11 is 1.34. The Bertz CT molecular complexity index is 812. The van der Waals surface area contributed by atoms with E-state index in [0.717, 1.165) is 16.6 Å². The Balaban J connectivity index is 0.00000280. The van der Waals surface area contributed by atoms with Gasteiger partial charge in [0.25, 0.3) is 0 Å². The molecule has 1 fully saturated rings. The second kappa shape index (κ2) is 11.2. The first-order valence-electron chi connectivity index (χ1n) is 8.93. The van der Waals surface area contributed by atoms with Crippen LogP contribution < -0.4 is 16.8 Å². The number of guanidine groups is 1. The number of para-hydroxylation sites is 1. The minimum Gasteiger partial charge on any atom is -0.662 e. The number of thiazole rings is 1. The van der Waals surface area contributed by atoms with Crippen molar-refractivity contribution in [2.75, 3.05) is 19.6 Å². The first-order valence-corrected chi connectivity index (χ1v) is 9.75. The average molecular weight is 614 g/mol. The molecular weight excluding hydrogens is 591 g/mol. The summed E-state index contributed by atoms with van der Waals surface area (Å²) in [5.74, 6) is -0.448. The number of ketones is 1. The summed E-state index contributed by atoms with van der Waals surface area (Å²) in [6.07, 6.45) is 1.75. The zero-order valence-corrected chi connectivity index (χ0v) is 21.1. The number of carbonyl (C=O) groups is 2. The Kier molecular flexibility index (Phi) is 9.28. The monoisotopic (exact) mass is 614 g/mol. The molecule has 1 radical (unpaired) electrons. The van der Waals surface area contributed by atoms with Crippen molar-refractivity contribution in [1.29, 1.82) is 0 Å². The topological polar surface area (TPSA) is 138 Å². The van der Waals surface area contributed by atoms with Crippen LogP contribution in [0.25, 0.3) is 15.5 Å². The van der Waals surface area contributed by atoms with Gasteiger partial charge in [0.2, 0.25) is 11.7 Å². The molecule has 8 nitrogen and oxygen atoms in total. The number of fused-ring (bicyclic) bond motifs is 1. The van der Waals surface area contributed by atoms with Gasteiger partial charge in [0.05, 0.1) is 16.3 Å². The number of aromatic nitrogens is 1. The Morgan fingerprint density at radius 1 is 1.36 bits per heavy atom. The fourth-order valence-corrected chi connectivity index (χ4v) is 3.95. The zero-order valence-electron chi connectivity index (χ0n) is 15.5. The van der Waals surface area contributed by atoms with Crippen LogP contribution in [0.1, 0.15) is 29.1 Å². The molecule has 0 aliphatic carbocycles. The molecule has 1 aromatic carbocycles. The van der Waals surface area contributed by atoms with Crippen molar-refractivity contribution in [2.24, 2.45) is 22.4 Å². The van der Waals surface area contributed by atoms with Crippen LogP contribution in [0.15, 0.2) is 29.3 Å². The van der Waals surface area contributed by atoms with Gasteiger partial charge in [-0.1, -0.05) is 18.6 Å². The molecule has 2 heterocycles. The average Bonchev–Trinajstić information content (AvgIpc) is 3.32. The van der Waals surface area contributed by atoms with E-state index in [1.165, 1.54) is 11.3 Å². The maximum atomic E-state index is 13.0. The van der Waals surface area contributed by atoms with Crippen LogP contribution in [0.2, 0.25) is 0 Å². The smallest absolute Gasteiger partial charge is 0.221 e. The molecule has 3 rings (SSSR count). The van der Waals surface area contributed by atoms with E-state index in [1.54, 1.807) is 0 Å². The molecule has 0 saturated carbocycles. The summed E-state index contributed by atoms with van der Waals surface area (Å²) in [6.45, 7) is 1.61. The number of hydrogen-bond acceptors (Lipinski definition) is 5. The fourth-order valence-electron chi connectivity index (χ4n) is 2.99. The Labute approximate surface area is 203 Å². The van der Waals surface area contributed by atoms with E-state index in [2.05, 4.69) is 20.6 Å². The van der Waals surface area contributed by atoms with Gasteiger partial charge in [0.1, 0.15) is 0 Å². The van der Waals surface area contributed by atoms with Crippen molar-refractivity contribution in [2.45, 2.75) is 25.3 Å². The molecule has 28 heavy (non-hydrogen) atoms. The molecule has 10 heteroatoms. The number of nitrogens with one attached hydrogen (secondary N) is 1. The molecule has 1 saturated heterocycles. The number of aliphatic imine (C=N–C) groups is 1. The molecule has 0 bridgehead atoms. The molecule has 0 spiro atoms. The van der Waals surface area contributed by atoms with Crippen molar-refractivity contribution >= 4 is 39.2 Å². The van der Waals surface area contributed by atoms with Crippen molar-refractivity contribution in [3.63, 3.8) is 0 Å². The van der Waals surface area contributed by atoms with Crippen LogP contribution in [0, 0.1) is 50.0 Å². The predicted molar refractivity (Wildman–Crippen MR) is 107 cm³/mol. The van der Waals surface area contributed by atoms with E-state index >= 15 is 0 Å². The number of benzene rings is 1. The van der Waals surface area contributed by atoms with Crippen LogP contribution in [0.4, 0.5) is 0 Å². The van der Waals surface area contributed by atoms with E-state index in [4.69, 9.17) is 11.5 Å². The van der Waals surface area contributed by atoms with Crippen LogP contribution >= 0.6 is 11.3 Å². The molecule has 2 unspecified atom stereocenters. The molecule has 2 atom stereocenters. The normalized spacial score (nSPS) is 16.9. The largest absolute Gasteiger partial charge is 0.662 e. The summed E-state index contributed by atoms with van der Waals surface area (Å²) in [4.78, 5) is 33.9. The summed E-state index contributed by atoms with van der Waals surface area (Å²) < 4.78 is 0.945. The number of Topliss-reactive ketones (excluding diaryl/α,β-unsaturated/α-hetero) is 1. The Morgan fingerprint density at radius 2 is 2.14 bits per heavy atom. The van der Waals surface area contributed by atoms with Gasteiger partial charge in [-0.05, 0) is 25.0 Å². The molecule has 1 aromatic heterocycles. The van der Waals surface area contributed by atoms with Gasteiger partial charge in [-0.15, -0.1) is 24.4 Å². The SMILES string of the molecule is NC(N)=NCCCC(NC(=O)C1CC[N-]C1)C(=O)c1nc2ccccc2s1.[Ac]. The number of carbonyl (C=O) groups excluding carboxylic acids is 2. The maximum Gasteiger partial charge on any atom is 0.221 e. The van der Waals surface area contributed by atoms with Gasteiger partial charge >= 0.3 is 0 Å². The quantitative estimate of drug-likeness (QED) is 0.179. The molecule has 1 aliphatic rings. The Hall–Kier alpha value is -1.08. The van der Waals surface area contributed by atoms with E-state index < -0.39 is 6.04 Å². The van der Waals surface area contributed by atoms with Crippen LogP contribution in [0.5, 0.6) is 0 Å². The third-order valence-electron chi connectivity index (χ3n) is 4.44. The maximum absolute atomic E-state index is 13.0. The van der Waals surface area contributed by atoms with Gasteiger partial charge < -0.3 is 22.1 Å². The minimum absolute atomic E-state index is 0. The van der Waals surface area contributed by atoms with Gasteiger partial charge in [-0.3, -0.25) is 14.6 Å². The molecule has 147 valence electrons. The fraction of sp³-hybridized carbons (Fsp3) is 0.444. The van der Waals surface area contributed by atoms with Crippen molar-refractivity contribution in [3.8, 4) is 0 Å². The van der Waals surface area contributed by atoms with Gasteiger partial charge in [0, 0.05) is 56.5 Å². The standard InChI is InChI=1S/C18H23N6O2S.Ac/c19-18(20)22-8-3-5-13(23-16(26)11-7-9-21-10-11)15(25)17-24-12-4-1-2-6-14(12)27-17;/h1-2,4,6,11,13H,3,5,7-10H2,(H,23,26)(H4,19,20,22);/q-1;. The first-order chi connectivity index (χ1) is 13.0. The van der Waals surface area contributed by atoms with E-state index in [0.29, 0.717) is 37.5 Å². The van der Waals surface area contributed by atoms with Crippen LogP contribution in [-0.4, -0.2) is 48.3 Å². The zero-order chi connectivity index (χ0) is 19.2. The molecule has 5 N–H and O–H groups in total. The number of nitrogens with zero attached hydrogens (tertiary/aromatic N) is 3. The van der Waals surface area contributed by atoms with Crippen LogP contribution in [-0.2, 0) is 4.79 Å². The van der Waals surface area contributed by atoms with Crippen molar-refractivity contribution in [3.05, 3.63) is 34.6 Å². The second-order valence-corrected chi connectivity index (χ2v) is 7.51. The van der Waals surface area contributed by atoms with E-state index in [9.17, 15) is 9.59 Å². The molecule has 2 aromatic rings. The molecule has 1 aliphatic heterocycles. The van der Waals surface area contributed by atoms with Gasteiger partial charge in [-0.25, -0.2) is 4.98 Å². The predicted octanol–water partition coefficient (Wildman–Crippen LogP) is 1.41. The second-order valence-electron chi connectivity index (χ2n) is 6.48. The summed E-state index contributed by atoms with van der Waals surface area (Å²) in [7, 11) is 0. The number of rotatable bonds is 8. The van der Waals surface area contributed by atoms with E-state index in [1.807, 2.05) is 24.3 Å². The third kappa shape index (κ3) is 6.21. The van der Waals surface area contributed by atoms with Crippen molar-refractivity contribution < 1.29 is 53.7 Å². The van der Waals surface area contributed by atoms with Crippen LogP contribution in [0.3, 0.4) is 0 Å². The number of nitrogens with two attached hydrogens (primary N) is 2. The van der Waals surface area contributed by atoms with E-state index in [-0.39, 0.29) is 67.6 Å². The van der Waals surface area contributed by atoms with Gasteiger partial charge in [-0.2, -0.15) is 0 Å². The first kappa shape index (κ1) is 23.2. The minimum atomic E-state index is -0.645. The Morgan fingerprint density at radius 3 is 2.82 bits per heavy atom. The van der Waals surface area contributed by atoms with Gasteiger partial charge in [0.15, 0.2) is 11.0 Å². The molecular formula is C18H23AcN6O2S-. The summed E-state index contributed by atoms with van der Waals surface area (Å²) in [5, 5.41) is 7.52.